The second kappa shape index (κ2) is 9.63. The van der Waals surface area contributed by atoms with Gasteiger partial charge in [0, 0.05) is 10.6 Å². The summed E-state index contributed by atoms with van der Waals surface area (Å²) in [6, 6.07) is 8.43. The van der Waals surface area contributed by atoms with E-state index < -0.39 is 17.4 Å². The Balaban J connectivity index is 1.68. The number of hydrogen-bond acceptors (Lipinski definition) is 5. The van der Waals surface area contributed by atoms with Crippen LogP contribution in [-0.2, 0) is 14.3 Å². The van der Waals surface area contributed by atoms with Gasteiger partial charge in [-0.15, -0.1) is 11.8 Å². The zero-order valence-corrected chi connectivity index (χ0v) is 16.3. The van der Waals surface area contributed by atoms with E-state index in [1.807, 2.05) is 6.07 Å². The summed E-state index contributed by atoms with van der Waals surface area (Å²) in [4.78, 5) is 24.9. The maximum absolute atomic E-state index is 12.0. The highest BCUT2D eigenvalue weighted by molar-refractivity contribution is 7.99. The van der Waals surface area contributed by atoms with E-state index in [4.69, 9.17) is 4.74 Å². The molecule has 5 nitrogen and oxygen atoms in total. The number of hydrogen-bond donors (Lipinski definition) is 1. The lowest BCUT2D eigenvalue weighted by Crippen LogP contribution is -2.50. The van der Waals surface area contributed by atoms with Crippen molar-refractivity contribution in [3.8, 4) is 6.07 Å². The molecule has 0 heterocycles. The van der Waals surface area contributed by atoms with Crippen LogP contribution in [0.5, 0.6) is 0 Å². The highest BCUT2D eigenvalue weighted by Gasteiger charge is 2.33. The zero-order valence-electron chi connectivity index (χ0n) is 15.5. The van der Waals surface area contributed by atoms with Crippen molar-refractivity contribution < 1.29 is 14.3 Å². The van der Waals surface area contributed by atoms with Crippen LogP contribution in [-0.4, -0.2) is 29.8 Å². The van der Waals surface area contributed by atoms with Gasteiger partial charge in [-0.2, -0.15) is 5.26 Å². The van der Waals surface area contributed by atoms with Gasteiger partial charge in [0.1, 0.15) is 5.54 Å². The molecule has 26 heavy (non-hydrogen) atoms. The van der Waals surface area contributed by atoms with Crippen LogP contribution in [0.25, 0.3) is 0 Å². The van der Waals surface area contributed by atoms with Crippen molar-refractivity contribution in [2.75, 3.05) is 12.4 Å². The number of nitrogens with one attached hydrogen (secondary N) is 1. The van der Waals surface area contributed by atoms with Gasteiger partial charge >= 0.3 is 5.97 Å². The molecule has 0 aliphatic heterocycles. The third-order valence-electron chi connectivity index (χ3n) is 4.72. The summed E-state index contributed by atoms with van der Waals surface area (Å²) in [7, 11) is 0. The molecule has 0 radical (unpaired) electrons. The molecule has 2 rings (SSSR count). The average Bonchev–Trinajstić information content (AvgIpc) is 2.64. The minimum atomic E-state index is -0.791. The van der Waals surface area contributed by atoms with E-state index >= 15 is 0 Å². The van der Waals surface area contributed by atoms with Crippen molar-refractivity contribution >= 4 is 23.6 Å². The van der Waals surface area contributed by atoms with Gasteiger partial charge < -0.3 is 10.1 Å². The van der Waals surface area contributed by atoms with Gasteiger partial charge in [0.05, 0.1) is 12.5 Å². The molecule has 1 N–H and O–H groups in total. The highest BCUT2D eigenvalue weighted by atomic mass is 32.2. The number of ether oxygens (including phenoxy) is 1. The first kappa shape index (κ1) is 20.3. The van der Waals surface area contributed by atoms with E-state index in [0.717, 1.165) is 24.2 Å². The predicted molar refractivity (Wildman–Crippen MR) is 102 cm³/mol. The Labute approximate surface area is 159 Å². The largest absolute Gasteiger partial charge is 0.456 e. The quantitative estimate of drug-likeness (QED) is 0.582. The molecule has 0 aromatic heterocycles. The standard InChI is InChI=1S/C20H26N2O3S/c1-15-6-7-17(12-16(15)2)26-11-8-19(24)25-13-18(23)22-20(14-21)9-4-3-5-10-20/h6-7,12H,3-5,8-11,13H2,1-2H3,(H,22,23). The number of aryl methyl sites for hydroxylation is 2. The second-order valence-corrected chi connectivity index (χ2v) is 7.98. The topological polar surface area (TPSA) is 79.2 Å². The van der Waals surface area contributed by atoms with E-state index in [0.29, 0.717) is 18.6 Å². The van der Waals surface area contributed by atoms with Crippen LogP contribution in [0.3, 0.4) is 0 Å². The molecule has 0 atom stereocenters. The SMILES string of the molecule is Cc1ccc(SCCC(=O)OCC(=O)NC2(C#N)CCCCC2)cc1C. The Morgan fingerprint density at radius 1 is 1.23 bits per heavy atom. The second-order valence-electron chi connectivity index (χ2n) is 6.81. The van der Waals surface area contributed by atoms with Crippen LogP contribution >= 0.6 is 11.8 Å². The number of carbonyl (C=O) groups is 2. The summed E-state index contributed by atoms with van der Waals surface area (Å²) in [5, 5.41) is 12.1. The molecule has 0 unspecified atom stereocenters. The van der Waals surface area contributed by atoms with Crippen molar-refractivity contribution in [2.24, 2.45) is 0 Å². The maximum Gasteiger partial charge on any atom is 0.307 e. The fourth-order valence-corrected chi connectivity index (χ4v) is 3.93. The minimum absolute atomic E-state index is 0.244. The van der Waals surface area contributed by atoms with Crippen molar-refractivity contribution in [1.29, 1.82) is 5.26 Å². The van der Waals surface area contributed by atoms with Crippen LogP contribution in [0, 0.1) is 25.2 Å². The van der Waals surface area contributed by atoms with E-state index in [2.05, 4.69) is 37.4 Å². The number of benzene rings is 1. The molecule has 140 valence electrons. The average molecular weight is 375 g/mol. The lowest BCUT2D eigenvalue weighted by Gasteiger charge is -2.31. The molecule has 1 aliphatic rings. The molecule has 0 bridgehead atoms. The predicted octanol–water partition coefficient (Wildman–Crippen LogP) is 3.67. The Kier molecular flexibility index (Phi) is 7.52. The van der Waals surface area contributed by atoms with Gasteiger partial charge in [-0.3, -0.25) is 9.59 Å². The maximum atomic E-state index is 12.0. The molecule has 1 fully saturated rings. The zero-order chi connectivity index (χ0) is 19.0. The molecule has 1 aliphatic carbocycles. The summed E-state index contributed by atoms with van der Waals surface area (Å²) in [5.41, 5.74) is 1.68. The van der Waals surface area contributed by atoms with E-state index in [1.54, 1.807) is 11.8 Å². The molecular formula is C20H26N2O3S. The van der Waals surface area contributed by atoms with E-state index in [-0.39, 0.29) is 13.0 Å². The lowest BCUT2D eigenvalue weighted by atomic mass is 9.83. The number of carbonyl (C=O) groups excluding carboxylic acids is 2. The van der Waals surface area contributed by atoms with Crippen molar-refractivity contribution in [1.82, 2.24) is 5.32 Å². The Hall–Kier alpha value is -2.00. The van der Waals surface area contributed by atoms with Gasteiger partial charge in [-0.05, 0) is 49.9 Å². The third kappa shape index (κ3) is 6.06. The third-order valence-corrected chi connectivity index (χ3v) is 5.71. The van der Waals surface area contributed by atoms with Crippen LogP contribution < -0.4 is 5.32 Å². The molecule has 1 saturated carbocycles. The summed E-state index contributed by atoms with van der Waals surface area (Å²) in [6.07, 6.45) is 4.53. The summed E-state index contributed by atoms with van der Waals surface area (Å²) in [5.74, 6) is -0.194. The van der Waals surface area contributed by atoms with Gasteiger partial charge in [-0.1, -0.05) is 25.3 Å². The Bertz CT molecular complexity index is 691. The first-order valence-electron chi connectivity index (χ1n) is 9.02. The number of amides is 1. The number of nitrogens with zero attached hydrogens (tertiary/aromatic N) is 1. The number of rotatable bonds is 7. The van der Waals surface area contributed by atoms with Crippen LogP contribution in [0.15, 0.2) is 23.1 Å². The van der Waals surface area contributed by atoms with Crippen molar-refractivity contribution in [2.45, 2.75) is 62.8 Å². The monoisotopic (exact) mass is 374 g/mol. The first-order valence-corrected chi connectivity index (χ1v) is 10.0. The molecular weight excluding hydrogens is 348 g/mol. The number of thioether (sulfide) groups is 1. The van der Waals surface area contributed by atoms with Crippen molar-refractivity contribution in [3.63, 3.8) is 0 Å². The summed E-state index contributed by atoms with van der Waals surface area (Å²) < 4.78 is 5.04. The Morgan fingerprint density at radius 3 is 2.62 bits per heavy atom. The molecule has 1 aromatic rings. The first-order chi connectivity index (χ1) is 12.4. The fraction of sp³-hybridized carbons (Fsp3) is 0.550. The molecule has 0 saturated heterocycles. The van der Waals surface area contributed by atoms with Crippen LogP contribution in [0.4, 0.5) is 0 Å². The van der Waals surface area contributed by atoms with Crippen molar-refractivity contribution in [3.05, 3.63) is 29.3 Å². The van der Waals surface area contributed by atoms with E-state index in [9.17, 15) is 14.9 Å². The smallest absolute Gasteiger partial charge is 0.307 e. The molecule has 1 aromatic carbocycles. The summed E-state index contributed by atoms with van der Waals surface area (Å²) >= 11 is 1.59. The van der Waals surface area contributed by atoms with E-state index in [1.165, 1.54) is 11.1 Å². The van der Waals surface area contributed by atoms with Gasteiger partial charge in [0.15, 0.2) is 6.61 Å². The molecule has 0 spiro atoms. The van der Waals surface area contributed by atoms with Crippen LogP contribution in [0.2, 0.25) is 0 Å². The van der Waals surface area contributed by atoms with Gasteiger partial charge in [0.25, 0.3) is 5.91 Å². The van der Waals surface area contributed by atoms with Gasteiger partial charge in [0.2, 0.25) is 0 Å². The molecule has 1 amide bonds. The molecule has 6 heteroatoms. The Morgan fingerprint density at radius 2 is 1.96 bits per heavy atom. The van der Waals surface area contributed by atoms with Gasteiger partial charge in [-0.25, -0.2) is 0 Å². The lowest BCUT2D eigenvalue weighted by molar-refractivity contribution is -0.148. The minimum Gasteiger partial charge on any atom is -0.456 e. The highest BCUT2D eigenvalue weighted by Crippen LogP contribution is 2.27. The number of esters is 1. The van der Waals surface area contributed by atoms with Crippen LogP contribution in [0.1, 0.15) is 49.7 Å². The normalized spacial score (nSPS) is 15.7. The number of nitriles is 1. The fourth-order valence-electron chi connectivity index (χ4n) is 3.00. The summed E-state index contributed by atoms with van der Waals surface area (Å²) in [6.45, 7) is 3.80.